The predicted molar refractivity (Wildman–Crippen MR) is 78.9 cm³/mol. The van der Waals surface area contributed by atoms with Crippen molar-refractivity contribution in [3.05, 3.63) is 55.4 Å². The standard InChI is InChI=1S/C13H8Cl3NO3/c1-20-13(19)6-2-9(12(18)17-5-6)8-3-7(14)4-10(15)11(8)16/h2-5H,1H3,(H,17,18). The van der Waals surface area contributed by atoms with Crippen LogP contribution in [0, 0.1) is 0 Å². The molecule has 1 heterocycles. The van der Waals surface area contributed by atoms with E-state index < -0.39 is 11.5 Å². The largest absolute Gasteiger partial charge is 0.465 e. The number of pyridine rings is 1. The van der Waals surface area contributed by atoms with E-state index in [-0.39, 0.29) is 21.2 Å². The maximum Gasteiger partial charge on any atom is 0.339 e. The normalized spacial score (nSPS) is 10.4. The predicted octanol–water partition coefficient (Wildman–Crippen LogP) is 3.79. The number of methoxy groups -OCH3 is 1. The van der Waals surface area contributed by atoms with Gasteiger partial charge in [-0.15, -0.1) is 0 Å². The van der Waals surface area contributed by atoms with Crippen LogP contribution in [-0.2, 0) is 4.74 Å². The summed E-state index contributed by atoms with van der Waals surface area (Å²) in [7, 11) is 1.25. The molecule has 0 unspecified atom stereocenters. The first-order chi connectivity index (χ1) is 9.43. The molecule has 0 amide bonds. The zero-order valence-corrected chi connectivity index (χ0v) is 12.4. The van der Waals surface area contributed by atoms with Gasteiger partial charge in [0.25, 0.3) is 5.56 Å². The molecule has 0 aliphatic rings. The molecule has 104 valence electrons. The van der Waals surface area contributed by atoms with Crippen LogP contribution < -0.4 is 5.56 Å². The van der Waals surface area contributed by atoms with E-state index in [2.05, 4.69) is 9.72 Å². The summed E-state index contributed by atoms with van der Waals surface area (Å²) in [6, 6.07) is 4.34. The van der Waals surface area contributed by atoms with Gasteiger partial charge in [-0.05, 0) is 18.2 Å². The number of aromatic nitrogens is 1. The number of ether oxygens (including phenoxy) is 1. The highest BCUT2D eigenvalue weighted by Crippen LogP contribution is 2.35. The van der Waals surface area contributed by atoms with Crippen LogP contribution in [0.2, 0.25) is 15.1 Å². The summed E-state index contributed by atoms with van der Waals surface area (Å²) in [5.41, 5.74) is 0.297. The van der Waals surface area contributed by atoms with E-state index >= 15 is 0 Å². The lowest BCUT2D eigenvalue weighted by Crippen LogP contribution is -2.12. The zero-order chi connectivity index (χ0) is 14.9. The van der Waals surface area contributed by atoms with Gasteiger partial charge in [0.05, 0.1) is 22.7 Å². The number of carbonyl (C=O) groups excluding carboxylic acids is 1. The topological polar surface area (TPSA) is 59.2 Å². The number of rotatable bonds is 2. The second-order valence-electron chi connectivity index (χ2n) is 3.87. The third-order valence-corrected chi connectivity index (χ3v) is 3.63. The number of hydrogen-bond acceptors (Lipinski definition) is 3. The maximum atomic E-state index is 11.9. The number of esters is 1. The van der Waals surface area contributed by atoms with E-state index in [1.807, 2.05) is 0 Å². The number of carbonyl (C=O) groups is 1. The van der Waals surface area contributed by atoms with Crippen molar-refractivity contribution in [1.82, 2.24) is 4.98 Å². The Hall–Kier alpha value is -1.49. The molecular formula is C13H8Cl3NO3. The van der Waals surface area contributed by atoms with Gasteiger partial charge in [-0.2, -0.15) is 0 Å². The van der Waals surface area contributed by atoms with Crippen molar-refractivity contribution in [2.75, 3.05) is 7.11 Å². The van der Waals surface area contributed by atoms with Gasteiger partial charge in [-0.3, -0.25) is 4.79 Å². The van der Waals surface area contributed by atoms with E-state index in [4.69, 9.17) is 34.8 Å². The number of H-pyrrole nitrogens is 1. The molecule has 1 aromatic carbocycles. The van der Waals surface area contributed by atoms with E-state index in [1.54, 1.807) is 0 Å². The molecule has 0 aliphatic carbocycles. The van der Waals surface area contributed by atoms with Crippen LogP contribution >= 0.6 is 34.8 Å². The highest BCUT2D eigenvalue weighted by molar-refractivity contribution is 6.45. The highest BCUT2D eigenvalue weighted by Gasteiger charge is 2.15. The fourth-order valence-corrected chi connectivity index (χ4v) is 2.38. The fraction of sp³-hybridized carbons (Fsp3) is 0.0769. The highest BCUT2D eigenvalue weighted by atomic mass is 35.5. The third kappa shape index (κ3) is 2.82. The SMILES string of the molecule is COC(=O)c1c[nH]c(=O)c(-c2cc(Cl)cc(Cl)c2Cl)c1. The van der Waals surface area contributed by atoms with Gasteiger partial charge < -0.3 is 9.72 Å². The minimum atomic E-state index is -0.577. The summed E-state index contributed by atoms with van der Waals surface area (Å²) < 4.78 is 4.60. The van der Waals surface area contributed by atoms with Gasteiger partial charge >= 0.3 is 5.97 Å². The van der Waals surface area contributed by atoms with Crippen LogP contribution in [0.1, 0.15) is 10.4 Å². The molecule has 0 bridgehead atoms. The molecule has 2 aromatic rings. The fourth-order valence-electron chi connectivity index (χ4n) is 1.67. The Balaban J connectivity index is 2.69. The molecule has 1 aromatic heterocycles. The van der Waals surface area contributed by atoms with Crippen molar-refractivity contribution < 1.29 is 9.53 Å². The molecule has 0 aliphatic heterocycles. The molecule has 0 spiro atoms. The Kier molecular flexibility index (Phi) is 4.38. The molecule has 20 heavy (non-hydrogen) atoms. The number of aromatic amines is 1. The Labute approximate surface area is 129 Å². The van der Waals surface area contributed by atoms with Crippen molar-refractivity contribution in [3.63, 3.8) is 0 Å². The van der Waals surface area contributed by atoms with Gasteiger partial charge in [0, 0.05) is 22.3 Å². The van der Waals surface area contributed by atoms with Crippen LogP contribution in [-0.4, -0.2) is 18.1 Å². The molecule has 0 saturated heterocycles. The number of hydrogen-bond donors (Lipinski definition) is 1. The second kappa shape index (κ2) is 5.87. The lowest BCUT2D eigenvalue weighted by Gasteiger charge is -2.07. The first-order valence-electron chi connectivity index (χ1n) is 5.40. The van der Waals surface area contributed by atoms with Crippen molar-refractivity contribution >= 4 is 40.8 Å². The Morgan fingerprint density at radius 1 is 1.15 bits per heavy atom. The van der Waals surface area contributed by atoms with Crippen LogP contribution in [0.5, 0.6) is 0 Å². The van der Waals surface area contributed by atoms with E-state index in [0.29, 0.717) is 10.6 Å². The first-order valence-corrected chi connectivity index (χ1v) is 6.53. The number of benzene rings is 1. The molecule has 0 atom stereocenters. The Morgan fingerprint density at radius 2 is 1.85 bits per heavy atom. The lowest BCUT2D eigenvalue weighted by molar-refractivity contribution is 0.0600. The molecule has 0 radical (unpaired) electrons. The molecule has 4 nitrogen and oxygen atoms in total. The maximum absolute atomic E-state index is 11.9. The number of halogens is 3. The molecule has 1 N–H and O–H groups in total. The minimum absolute atomic E-state index is 0.183. The molecular weight excluding hydrogens is 325 g/mol. The van der Waals surface area contributed by atoms with Crippen LogP contribution in [0.4, 0.5) is 0 Å². The van der Waals surface area contributed by atoms with Crippen LogP contribution in [0.25, 0.3) is 11.1 Å². The van der Waals surface area contributed by atoms with Gasteiger partial charge in [-0.25, -0.2) is 4.79 Å². The summed E-state index contributed by atoms with van der Waals surface area (Å²) in [6.45, 7) is 0. The summed E-state index contributed by atoms with van der Waals surface area (Å²) in [4.78, 5) is 25.8. The minimum Gasteiger partial charge on any atom is -0.465 e. The number of nitrogens with one attached hydrogen (secondary N) is 1. The second-order valence-corrected chi connectivity index (χ2v) is 5.09. The Morgan fingerprint density at radius 3 is 2.50 bits per heavy atom. The molecule has 7 heteroatoms. The van der Waals surface area contributed by atoms with Gasteiger partial charge in [0.2, 0.25) is 0 Å². The quantitative estimate of drug-likeness (QED) is 0.672. The van der Waals surface area contributed by atoms with E-state index in [1.165, 1.54) is 31.5 Å². The van der Waals surface area contributed by atoms with E-state index in [0.717, 1.165) is 0 Å². The summed E-state index contributed by atoms with van der Waals surface area (Å²) in [5.74, 6) is -0.577. The average molecular weight is 333 g/mol. The van der Waals surface area contributed by atoms with E-state index in [9.17, 15) is 9.59 Å². The molecule has 2 rings (SSSR count). The molecule has 0 fully saturated rings. The van der Waals surface area contributed by atoms with Crippen LogP contribution in [0.15, 0.2) is 29.2 Å². The lowest BCUT2D eigenvalue weighted by atomic mass is 10.1. The summed E-state index contributed by atoms with van der Waals surface area (Å²) >= 11 is 17.9. The first kappa shape index (κ1) is 14.9. The van der Waals surface area contributed by atoms with Crippen molar-refractivity contribution in [2.24, 2.45) is 0 Å². The Bertz CT molecular complexity index is 740. The smallest absolute Gasteiger partial charge is 0.339 e. The van der Waals surface area contributed by atoms with Gasteiger partial charge in [-0.1, -0.05) is 34.8 Å². The van der Waals surface area contributed by atoms with Gasteiger partial charge in [0.15, 0.2) is 0 Å². The third-order valence-electron chi connectivity index (χ3n) is 2.61. The van der Waals surface area contributed by atoms with Crippen LogP contribution in [0.3, 0.4) is 0 Å². The van der Waals surface area contributed by atoms with Crippen molar-refractivity contribution in [1.29, 1.82) is 0 Å². The molecule has 0 saturated carbocycles. The zero-order valence-electron chi connectivity index (χ0n) is 10.2. The monoisotopic (exact) mass is 331 g/mol. The van der Waals surface area contributed by atoms with Gasteiger partial charge in [0.1, 0.15) is 0 Å². The van der Waals surface area contributed by atoms with Crippen molar-refractivity contribution in [2.45, 2.75) is 0 Å². The summed E-state index contributed by atoms with van der Waals surface area (Å²) in [6.07, 6.45) is 1.26. The summed E-state index contributed by atoms with van der Waals surface area (Å²) in [5, 5.41) is 0.734. The van der Waals surface area contributed by atoms with Crippen molar-refractivity contribution in [3.8, 4) is 11.1 Å². The average Bonchev–Trinajstić information content (AvgIpc) is 2.42.